The van der Waals surface area contributed by atoms with Gasteiger partial charge in [-0.05, 0) is 25.3 Å². The zero-order chi connectivity index (χ0) is 16.7. The van der Waals surface area contributed by atoms with Gasteiger partial charge in [-0.15, -0.1) is 0 Å². The molecule has 0 spiro atoms. The van der Waals surface area contributed by atoms with Crippen molar-refractivity contribution in [3.05, 3.63) is 48.2 Å². The summed E-state index contributed by atoms with van der Waals surface area (Å²) in [5.74, 6) is -1.55. The fraction of sp³-hybridized carbons (Fsp3) is 0.312. The lowest BCUT2D eigenvalue weighted by Gasteiger charge is -2.23. The molecule has 23 heavy (non-hydrogen) atoms. The van der Waals surface area contributed by atoms with Crippen LogP contribution in [-0.4, -0.2) is 34.2 Å². The first-order chi connectivity index (χ1) is 11.0. The first-order valence-electron chi connectivity index (χ1n) is 7.22. The SMILES string of the molecule is C[C@](O)(CCc1ccccc1)CNC(=O)C(=O)Nc1ccon1. The minimum absolute atomic E-state index is 0.0229. The van der Waals surface area contributed by atoms with Gasteiger partial charge in [-0.1, -0.05) is 35.5 Å². The minimum atomic E-state index is -1.11. The predicted octanol–water partition coefficient (Wildman–Crippen LogP) is 1.11. The Hall–Kier alpha value is -2.67. The first kappa shape index (κ1) is 16.7. The van der Waals surface area contributed by atoms with Crippen LogP contribution >= 0.6 is 0 Å². The van der Waals surface area contributed by atoms with Crippen LogP contribution in [0.2, 0.25) is 0 Å². The van der Waals surface area contributed by atoms with E-state index in [0.717, 1.165) is 5.56 Å². The zero-order valence-electron chi connectivity index (χ0n) is 12.8. The van der Waals surface area contributed by atoms with E-state index in [1.807, 2.05) is 30.3 Å². The first-order valence-corrected chi connectivity index (χ1v) is 7.22. The molecular formula is C16H19N3O4. The summed E-state index contributed by atoms with van der Waals surface area (Å²) in [5.41, 5.74) is -0.0116. The highest BCUT2D eigenvalue weighted by Crippen LogP contribution is 2.13. The number of anilines is 1. The highest BCUT2D eigenvalue weighted by molar-refractivity contribution is 6.39. The number of carbonyl (C=O) groups excluding carboxylic acids is 2. The second-order valence-corrected chi connectivity index (χ2v) is 5.50. The molecule has 0 fully saturated rings. The number of carbonyl (C=O) groups is 2. The minimum Gasteiger partial charge on any atom is -0.388 e. The number of aromatic nitrogens is 1. The number of amides is 2. The Labute approximate surface area is 133 Å². The van der Waals surface area contributed by atoms with E-state index in [-0.39, 0.29) is 12.4 Å². The van der Waals surface area contributed by atoms with Crippen LogP contribution in [0.1, 0.15) is 18.9 Å². The molecule has 2 aromatic rings. The van der Waals surface area contributed by atoms with E-state index in [9.17, 15) is 14.7 Å². The lowest BCUT2D eigenvalue weighted by Crippen LogP contribution is -2.44. The summed E-state index contributed by atoms with van der Waals surface area (Å²) in [6.07, 6.45) is 2.42. The van der Waals surface area contributed by atoms with E-state index in [4.69, 9.17) is 0 Å². The van der Waals surface area contributed by atoms with Crippen molar-refractivity contribution in [2.75, 3.05) is 11.9 Å². The van der Waals surface area contributed by atoms with Gasteiger partial charge in [0.05, 0.1) is 5.60 Å². The van der Waals surface area contributed by atoms with Crippen molar-refractivity contribution in [1.82, 2.24) is 10.5 Å². The fourth-order valence-corrected chi connectivity index (χ4v) is 1.95. The molecule has 1 aromatic heterocycles. The van der Waals surface area contributed by atoms with Gasteiger partial charge in [-0.2, -0.15) is 0 Å². The second kappa shape index (κ2) is 7.55. The number of nitrogens with zero attached hydrogens (tertiary/aromatic N) is 1. The molecule has 122 valence electrons. The van der Waals surface area contributed by atoms with Gasteiger partial charge in [0.2, 0.25) is 0 Å². The Bertz CT molecular complexity index is 639. The van der Waals surface area contributed by atoms with E-state index in [2.05, 4.69) is 20.3 Å². The number of hydrogen-bond donors (Lipinski definition) is 3. The topological polar surface area (TPSA) is 104 Å². The van der Waals surface area contributed by atoms with Crippen molar-refractivity contribution in [2.24, 2.45) is 0 Å². The maximum Gasteiger partial charge on any atom is 0.314 e. The molecule has 1 aromatic carbocycles. The normalized spacial score (nSPS) is 13.1. The number of nitrogens with one attached hydrogen (secondary N) is 2. The van der Waals surface area contributed by atoms with Crippen molar-refractivity contribution in [3.63, 3.8) is 0 Å². The third-order valence-corrected chi connectivity index (χ3v) is 3.31. The lowest BCUT2D eigenvalue weighted by atomic mass is 9.97. The number of hydrogen-bond acceptors (Lipinski definition) is 5. The molecule has 7 nitrogen and oxygen atoms in total. The highest BCUT2D eigenvalue weighted by atomic mass is 16.5. The number of aliphatic hydroxyl groups is 1. The Morgan fingerprint density at radius 1 is 1.22 bits per heavy atom. The largest absolute Gasteiger partial charge is 0.388 e. The van der Waals surface area contributed by atoms with E-state index < -0.39 is 17.4 Å². The van der Waals surface area contributed by atoms with Crippen LogP contribution in [0.5, 0.6) is 0 Å². The summed E-state index contributed by atoms with van der Waals surface area (Å²) in [7, 11) is 0. The van der Waals surface area contributed by atoms with Crippen molar-refractivity contribution in [2.45, 2.75) is 25.4 Å². The molecule has 0 aliphatic heterocycles. The summed E-state index contributed by atoms with van der Waals surface area (Å²) in [6.45, 7) is 1.59. The van der Waals surface area contributed by atoms with Gasteiger partial charge in [0.15, 0.2) is 5.82 Å². The molecule has 2 amide bonds. The van der Waals surface area contributed by atoms with Crippen LogP contribution < -0.4 is 10.6 Å². The van der Waals surface area contributed by atoms with Gasteiger partial charge < -0.3 is 14.9 Å². The molecule has 7 heteroatoms. The third-order valence-electron chi connectivity index (χ3n) is 3.31. The Balaban J connectivity index is 1.76. The number of benzene rings is 1. The van der Waals surface area contributed by atoms with Crippen LogP contribution in [0, 0.1) is 0 Å². The van der Waals surface area contributed by atoms with E-state index in [1.165, 1.54) is 12.3 Å². The van der Waals surface area contributed by atoms with Crippen LogP contribution in [0.15, 0.2) is 47.2 Å². The Morgan fingerprint density at radius 2 is 1.96 bits per heavy atom. The molecule has 2 rings (SSSR count). The fourth-order valence-electron chi connectivity index (χ4n) is 1.95. The van der Waals surface area contributed by atoms with E-state index in [1.54, 1.807) is 6.92 Å². The lowest BCUT2D eigenvalue weighted by molar-refractivity contribution is -0.136. The van der Waals surface area contributed by atoms with E-state index in [0.29, 0.717) is 12.8 Å². The van der Waals surface area contributed by atoms with Crippen LogP contribution in [0.4, 0.5) is 5.82 Å². The summed E-state index contributed by atoms with van der Waals surface area (Å²) in [6, 6.07) is 11.1. The monoisotopic (exact) mass is 317 g/mol. The molecule has 0 saturated carbocycles. The Kier molecular flexibility index (Phi) is 5.48. The molecular weight excluding hydrogens is 298 g/mol. The zero-order valence-corrected chi connectivity index (χ0v) is 12.8. The van der Waals surface area contributed by atoms with Gasteiger partial charge in [0.1, 0.15) is 6.26 Å². The Morgan fingerprint density at radius 3 is 2.61 bits per heavy atom. The van der Waals surface area contributed by atoms with Gasteiger partial charge in [-0.25, -0.2) is 0 Å². The van der Waals surface area contributed by atoms with E-state index >= 15 is 0 Å². The third kappa shape index (κ3) is 5.55. The predicted molar refractivity (Wildman–Crippen MR) is 83.5 cm³/mol. The number of rotatable bonds is 6. The van der Waals surface area contributed by atoms with Crippen molar-refractivity contribution >= 4 is 17.6 Å². The summed E-state index contributed by atoms with van der Waals surface area (Å²) in [5, 5.41) is 18.5. The molecule has 3 N–H and O–H groups in total. The molecule has 1 atom stereocenters. The maximum absolute atomic E-state index is 11.7. The number of aryl methyl sites for hydroxylation is 1. The highest BCUT2D eigenvalue weighted by Gasteiger charge is 2.23. The van der Waals surface area contributed by atoms with Crippen LogP contribution in [0.25, 0.3) is 0 Å². The summed E-state index contributed by atoms with van der Waals surface area (Å²) < 4.78 is 4.55. The molecule has 1 heterocycles. The van der Waals surface area contributed by atoms with Gasteiger partial charge in [0.25, 0.3) is 0 Å². The standard InChI is InChI=1S/C16H19N3O4/c1-16(22,9-7-12-5-3-2-4-6-12)11-17-14(20)15(21)18-13-8-10-23-19-13/h2-6,8,10,22H,7,9,11H2,1H3,(H,17,20)(H,18,19,21)/t16-/m0/s1. The maximum atomic E-state index is 11.7. The average molecular weight is 317 g/mol. The molecule has 0 saturated heterocycles. The smallest absolute Gasteiger partial charge is 0.314 e. The second-order valence-electron chi connectivity index (χ2n) is 5.50. The van der Waals surface area contributed by atoms with Crippen LogP contribution in [0.3, 0.4) is 0 Å². The molecule has 0 aliphatic rings. The molecule has 0 aliphatic carbocycles. The van der Waals surface area contributed by atoms with Gasteiger partial charge in [0, 0.05) is 12.6 Å². The summed E-state index contributed by atoms with van der Waals surface area (Å²) in [4.78, 5) is 23.3. The van der Waals surface area contributed by atoms with Gasteiger partial charge in [-0.3, -0.25) is 14.9 Å². The van der Waals surface area contributed by atoms with Gasteiger partial charge >= 0.3 is 11.8 Å². The van der Waals surface area contributed by atoms with Crippen molar-refractivity contribution < 1.29 is 19.2 Å². The quantitative estimate of drug-likeness (QED) is 0.692. The molecule has 0 radical (unpaired) electrons. The van der Waals surface area contributed by atoms with Crippen molar-refractivity contribution in [1.29, 1.82) is 0 Å². The van der Waals surface area contributed by atoms with Crippen LogP contribution in [-0.2, 0) is 16.0 Å². The average Bonchev–Trinajstić information content (AvgIpc) is 3.05. The van der Waals surface area contributed by atoms with Crippen molar-refractivity contribution in [3.8, 4) is 0 Å². The molecule has 0 unspecified atom stereocenters. The molecule has 0 bridgehead atoms. The summed E-state index contributed by atoms with van der Waals surface area (Å²) >= 11 is 0.